The van der Waals surface area contributed by atoms with E-state index in [1.54, 1.807) is 6.08 Å². The fourth-order valence-corrected chi connectivity index (χ4v) is 6.60. The highest BCUT2D eigenvalue weighted by Gasteiger charge is 2.11. The lowest BCUT2D eigenvalue weighted by Crippen LogP contribution is -2.04. The van der Waals surface area contributed by atoms with E-state index in [9.17, 15) is 4.79 Å². The number of hydrogen-bond donors (Lipinski definition) is 0. The normalized spacial score (nSPS) is 11.4. The van der Waals surface area contributed by atoms with Crippen molar-refractivity contribution in [1.29, 1.82) is 0 Å². The second-order valence-electron chi connectivity index (χ2n) is 13.2. The maximum Gasteiger partial charge on any atom is 0.185 e. The van der Waals surface area contributed by atoms with Crippen molar-refractivity contribution in [2.45, 2.75) is 167 Å². The summed E-state index contributed by atoms with van der Waals surface area (Å²) in [5.41, 5.74) is 1.65. The summed E-state index contributed by atoms with van der Waals surface area (Å²) >= 11 is 1.94. The molecule has 0 amide bonds. The number of allylic oxidation sites excluding steroid dienone is 1. The van der Waals surface area contributed by atoms with Crippen LogP contribution in [0.25, 0.3) is 6.08 Å². The van der Waals surface area contributed by atoms with Crippen molar-refractivity contribution in [3.63, 3.8) is 0 Å². The molecule has 264 valence electrons. The molecular formula is C43H68O3S. The average Bonchev–Trinajstić information content (AvgIpc) is 3.09. The van der Waals surface area contributed by atoms with Crippen molar-refractivity contribution in [3.8, 4) is 11.5 Å². The number of ether oxygens (including phenoxy) is 2. The molecule has 0 heterocycles. The SMILES string of the molecule is CCCCCCCCCCCCCCCCCCCCSc1ccc(/C=C/C(=O)c2ccc(OCCCC)c(OCCCC)c2)cc1. The lowest BCUT2D eigenvalue weighted by Gasteiger charge is -2.13. The van der Waals surface area contributed by atoms with E-state index in [1.807, 2.05) is 36.0 Å². The summed E-state index contributed by atoms with van der Waals surface area (Å²) in [7, 11) is 0. The number of carbonyl (C=O) groups excluding carboxylic acids is 1. The third kappa shape index (κ3) is 20.7. The number of carbonyl (C=O) groups is 1. The molecule has 0 fully saturated rings. The molecule has 0 aliphatic carbocycles. The maximum atomic E-state index is 12.9. The van der Waals surface area contributed by atoms with E-state index >= 15 is 0 Å². The first-order valence-electron chi connectivity index (χ1n) is 19.5. The van der Waals surface area contributed by atoms with Crippen LogP contribution in [0.4, 0.5) is 0 Å². The highest BCUT2D eigenvalue weighted by molar-refractivity contribution is 7.99. The van der Waals surface area contributed by atoms with Gasteiger partial charge in [-0.1, -0.05) is 161 Å². The van der Waals surface area contributed by atoms with E-state index < -0.39 is 0 Å². The van der Waals surface area contributed by atoms with Gasteiger partial charge in [0.2, 0.25) is 0 Å². The van der Waals surface area contributed by atoms with Crippen molar-refractivity contribution < 1.29 is 14.3 Å². The van der Waals surface area contributed by atoms with Crippen LogP contribution in [0.5, 0.6) is 11.5 Å². The van der Waals surface area contributed by atoms with Gasteiger partial charge in [0.1, 0.15) is 0 Å². The highest BCUT2D eigenvalue weighted by Crippen LogP contribution is 2.30. The summed E-state index contributed by atoms with van der Waals surface area (Å²) in [5.74, 6) is 2.52. The van der Waals surface area contributed by atoms with Crippen LogP contribution in [0.15, 0.2) is 53.4 Å². The highest BCUT2D eigenvalue weighted by atomic mass is 32.2. The molecule has 0 bridgehead atoms. The zero-order valence-electron chi connectivity index (χ0n) is 30.5. The van der Waals surface area contributed by atoms with Crippen LogP contribution in [-0.2, 0) is 0 Å². The molecular weight excluding hydrogens is 597 g/mol. The van der Waals surface area contributed by atoms with Crippen LogP contribution < -0.4 is 9.47 Å². The molecule has 0 unspecified atom stereocenters. The fraction of sp³-hybridized carbons (Fsp3) is 0.651. The minimum Gasteiger partial charge on any atom is -0.490 e. The first-order chi connectivity index (χ1) is 23.2. The molecule has 0 saturated heterocycles. The molecule has 47 heavy (non-hydrogen) atoms. The van der Waals surface area contributed by atoms with Gasteiger partial charge < -0.3 is 9.47 Å². The predicted octanol–water partition coefficient (Wildman–Crippen LogP) is 14.1. The van der Waals surface area contributed by atoms with Gasteiger partial charge in [-0.15, -0.1) is 11.8 Å². The Morgan fingerprint density at radius 1 is 0.553 bits per heavy atom. The summed E-state index contributed by atoms with van der Waals surface area (Å²) in [4.78, 5) is 14.2. The molecule has 4 heteroatoms. The van der Waals surface area contributed by atoms with E-state index in [0.29, 0.717) is 30.3 Å². The minimum absolute atomic E-state index is 0.0296. The first-order valence-corrected chi connectivity index (χ1v) is 20.5. The summed E-state index contributed by atoms with van der Waals surface area (Å²) in [6.07, 6.45) is 33.2. The van der Waals surface area contributed by atoms with E-state index in [2.05, 4.69) is 45.0 Å². The number of rotatable bonds is 31. The van der Waals surface area contributed by atoms with Gasteiger partial charge in [-0.25, -0.2) is 0 Å². The van der Waals surface area contributed by atoms with Gasteiger partial charge >= 0.3 is 0 Å². The molecule has 0 aliphatic heterocycles. The number of ketones is 1. The first kappa shape index (κ1) is 41.0. The van der Waals surface area contributed by atoms with Crippen molar-refractivity contribution in [1.82, 2.24) is 0 Å². The van der Waals surface area contributed by atoms with Crippen LogP contribution in [0.1, 0.15) is 178 Å². The molecule has 0 spiro atoms. The van der Waals surface area contributed by atoms with Gasteiger partial charge in [0, 0.05) is 10.5 Å². The van der Waals surface area contributed by atoms with Gasteiger partial charge in [-0.3, -0.25) is 4.79 Å². The third-order valence-corrected chi connectivity index (χ3v) is 9.91. The Hall–Kier alpha value is -2.20. The van der Waals surface area contributed by atoms with Crippen LogP contribution >= 0.6 is 11.8 Å². The molecule has 2 rings (SSSR count). The number of benzene rings is 2. The minimum atomic E-state index is -0.0296. The number of hydrogen-bond acceptors (Lipinski definition) is 4. The molecule has 0 atom stereocenters. The summed E-state index contributed by atoms with van der Waals surface area (Å²) < 4.78 is 11.9. The van der Waals surface area contributed by atoms with Crippen molar-refractivity contribution in [2.75, 3.05) is 19.0 Å². The van der Waals surface area contributed by atoms with Gasteiger partial charge in [-0.05, 0) is 67.0 Å². The lowest BCUT2D eigenvalue weighted by molar-refractivity contribution is 0.104. The molecule has 2 aromatic rings. The van der Waals surface area contributed by atoms with Gasteiger partial charge in [0.05, 0.1) is 13.2 Å². The zero-order chi connectivity index (χ0) is 33.6. The van der Waals surface area contributed by atoms with Gasteiger partial charge in [0.15, 0.2) is 17.3 Å². The Labute approximate surface area is 294 Å². The standard InChI is InChI=1S/C43H68O3S/c1-4-7-10-11-12-13-14-15-16-17-18-19-20-21-22-23-24-25-36-47-40-30-26-38(27-31-40)28-32-41(44)39-29-33-42(45-34-8-5-2)43(37-39)46-35-9-6-3/h26-33,37H,4-25,34-36H2,1-3H3/b32-28+. The van der Waals surface area contributed by atoms with E-state index in [0.717, 1.165) is 31.2 Å². The Bertz CT molecular complexity index is 1060. The number of unbranched alkanes of at least 4 members (excludes halogenated alkanes) is 19. The molecule has 2 aromatic carbocycles. The molecule has 0 radical (unpaired) electrons. The average molecular weight is 665 g/mol. The van der Waals surface area contributed by atoms with Crippen molar-refractivity contribution >= 4 is 23.6 Å². The van der Waals surface area contributed by atoms with Crippen molar-refractivity contribution in [2.24, 2.45) is 0 Å². The number of thioether (sulfide) groups is 1. The van der Waals surface area contributed by atoms with E-state index in [4.69, 9.17) is 9.47 Å². The Morgan fingerprint density at radius 2 is 1.02 bits per heavy atom. The summed E-state index contributed by atoms with van der Waals surface area (Å²) in [6.45, 7) is 7.86. The van der Waals surface area contributed by atoms with E-state index in [1.165, 1.54) is 126 Å². The monoisotopic (exact) mass is 664 g/mol. The second kappa shape index (κ2) is 28.8. The third-order valence-electron chi connectivity index (χ3n) is 8.81. The maximum absolute atomic E-state index is 12.9. The van der Waals surface area contributed by atoms with Crippen LogP contribution in [-0.4, -0.2) is 24.7 Å². The quantitative estimate of drug-likeness (QED) is 0.0348. The zero-order valence-corrected chi connectivity index (χ0v) is 31.3. The topological polar surface area (TPSA) is 35.5 Å². The molecule has 0 saturated carbocycles. The summed E-state index contributed by atoms with van der Waals surface area (Å²) in [6, 6.07) is 14.1. The molecule has 0 N–H and O–H groups in total. The van der Waals surface area contributed by atoms with Crippen LogP contribution in [0.3, 0.4) is 0 Å². The lowest BCUT2D eigenvalue weighted by atomic mass is 10.0. The predicted molar refractivity (Wildman–Crippen MR) is 207 cm³/mol. The van der Waals surface area contributed by atoms with Gasteiger partial charge in [-0.2, -0.15) is 0 Å². The summed E-state index contributed by atoms with van der Waals surface area (Å²) in [5, 5.41) is 0. The largest absolute Gasteiger partial charge is 0.490 e. The Balaban J connectivity index is 1.55. The van der Waals surface area contributed by atoms with Crippen molar-refractivity contribution in [3.05, 3.63) is 59.7 Å². The smallest absolute Gasteiger partial charge is 0.185 e. The fourth-order valence-electron chi connectivity index (χ4n) is 5.68. The van der Waals surface area contributed by atoms with Crippen LogP contribution in [0.2, 0.25) is 0 Å². The molecule has 0 aromatic heterocycles. The second-order valence-corrected chi connectivity index (χ2v) is 14.4. The molecule has 3 nitrogen and oxygen atoms in total. The van der Waals surface area contributed by atoms with Crippen LogP contribution in [0, 0.1) is 0 Å². The molecule has 0 aliphatic rings. The van der Waals surface area contributed by atoms with E-state index in [-0.39, 0.29) is 5.78 Å². The Morgan fingerprint density at radius 3 is 1.53 bits per heavy atom. The Kier molecular flexibility index (Phi) is 25.1. The van der Waals surface area contributed by atoms with Gasteiger partial charge in [0.25, 0.3) is 0 Å².